The first kappa shape index (κ1) is 27.1. The highest BCUT2D eigenvalue weighted by Gasteiger charge is 2.41. The summed E-state index contributed by atoms with van der Waals surface area (Å²) in [6.07, 6.45) is 3.41. The number of carbonyl (C=O) groups is 2. The summed E-state index contributed by atoms with van der Waals surface area (Å²) < 4.78 is 7.97. The molecule has 2 aliphatic heterocycles. The van der Waals surface area contributed by atoms with Crippen LogP contribution in [0.1, 0.15) is 39.4 Å². The second-order valence-corrected chi connectivity index (χ2v) is 10.7. The number of anilines is 2. The number of para-hydroxylation sites is 1. The van der Waals surface area contributed by atoms with E-state index in [2.05, 4.69) is 30.2 Å². The number of benzene rings is 2. The number of nitrogens with zero attached hydrogens (tertiary/aromatic N) is 5. The van der Waals surface area contributed by atoms with Crippen LogP contribution in [0.2, 0.25) is 0 Å². The Balaban J connectivity index is 1.08. The Morgan fingerprint density at radius 2 is 1.81 bits per heavy atom. The largest absolute Gasteiger partial charge is 0.492 e. The molecule has 12 heteroatoms. The molecule has 2 saturated heterocycles. The number of guanidine groups is 1. The van der Waals surface area contributed by atoms with Gasteiger partial charge in [-0.25, -0.2) is 9.97 Å². The minimum absolute atomic E-state index is 0.0107. The molecule has 4 heterocycles. The number of nitrogens with two attached hydrogens (primary N) is 2. The van der Waals surface area contributed by atoms with Crippen molar-refractivity contribution in [2.75, 3.05) is 37.7 Å². The Morgan fingerprint density at radius 1 is 1.02 bits per heavy atom. The number of hydrogen-bond acceptors (Lipinski definition) is 7. The maximum Gasteiger partial charge on any atom is 0.302 e. The molecule has 2 aromatic carbocycles. The molecule has 0 radical (unpaired) electrons. The van der Waals surface area contributed by atoms with Gasteiger partial charge in [-0.05, 0) is 50.1 Å². The zero-order valence-corrected chi connectivity index (χ0v) is 23.3. The van der Waals surface area contributed by atoms with Crippen molar-refractivity contribution in [2.45, 2.75) is 31.8 Å². The van der Waals surface area contributed by atoms with Gasteiger partial charge < -0.3 is 36.3 Å². The van der Waals surface area contributed by atoms with Gasteiger partial charge in [0.05, 0.1) is 17.8 Å². The quantitative estimate of drug-likeness (QED) is 0.274. The number of ether oxygens (including phenoxy) is 1. The second-order valence-electron chi connectivity index (χ2n) is 10.7. The van der Waals surface area contributed by atoms with E-state index in [1.807, 2.05) is 65.7 Å². The third kappa shape index (κ3) is 5.30. The summed E-state index contributed by atoms with van der Waals surface area (Å²) in [6, 6.07) is 17.6. The van der Waals surface area contributed by atoms with Gasteiger partial charge in [-0.3, -0.25) is 9.59 Å². The van der Waals surface area contributed by atoms with Crippen LogP contribution in [-0.2, 0) is 6.54 Å². The lowest BCUT2D eigenvalue weighted by molar-refractivity contribution is 0.0671. The number of nitrogens with one attached hydrogen (secondary N) is 2. The number of piperidine rings is 1. The summed E-state index contributed by atoms with van der Waals surface area (Å²) >= 11 is 0. The molecule has 0 aliphatic carbocycles. The van der Waals surface area contributed by atoms with Crippen LogP contribution in [0.3, 0.4) is 0 Å². The van der Waals surface area contributed by atoms with Gasteiger partial charge >= 0.3 is 5.91 Å². The Bertz CT molecular complexity index is 1670. The summed E-state index contributed by atoms with van der Waals surface area (Å²) in [6.45, 7) is 4.59. The number of amides is 2. The number of fused-ring (bicyclic) bond motifs is 1. The average molecular weight is 568 g/mol. The third-order valence-corrected chi connectivity index (χ3v) is 7.92. The van der Waals surface area contributed by atoms with Crippen LogP contribution in [0.4, 0.5) is 11.6 Å². The number of aliphatic imine (C=N–C) groups is 1. The van der Waals surface area contributed by atoms with Crippen LogP contribution in [-0.4, -0.2) is 69.0 Å². The molecular weight excluding hydrogens is 534 g/mol. The summed E-state index contributed by atoms with van der Waals surface area (Å²) in [5.74, 6) is 0.721. The lowest BCUT2D eigenvalue weighted by Crippen LogP contribution is -2.53. The van der Waals surface area contributed by atoms with E-state index >= 15 is 0 Å². The number of aromatic nitrogens is 3. The Labute approximate surface area is 242 Å². The zero-order chi connectivity index (χ0) is 29.3. The van der Waals surface area contributed by atoms with E-state index in [1.54, 1.807) is 6.92 Å². The van der Waals surface area contributed by atoms with Gasteiger partial charge in [0.2, 0.25) is 0 Å². The molecule has 1 spiro atoms. The minimum atomic E-state index is -0.602. The monoisotopic (exact) mass is 567 g/mol. The topological polar surface area (TPSA) is 166 Å². The summed E-state index contributed by atoms with van der Waals surface area (Å²) in [5, 5.41) is 7.48. The highest BCUT2D eigenvalue weighted by Crippen LogP contribution is 2.28. The van der Waals surface area contributed by atoms with E-state index in [1.165, 1.54) is 0 Å². The molecule has 0 atom stereocenters. The van der Waals surface area contributed by atoms with Gasteiger partial charge in [-0.1, -0.05) is 24.3 Å². The predicted octanol–water partition coefficient (Wildman–Crippen LogP) is 2.35. The number of likely N-dealkylation sites (tertiary alicyclic amines) is 1. The van der Waals surface area contributed by atoms with E-state index in [9.17, 15) is 9.59 Å². The Kier molecular flexibility index (Phi) is 7.11. The molecule has 0 unspecified atom stereocenters. The maximum atomic E-state index is 13.6. The Morgan fingerprint density at radius 3 is 2.60 bits per heavy atom. The van der Waals surface area contributed by atoms with Crippen molar-refractivity contribution >= 4 is 40.3 Å². The fourth-order valence-electron chi connectivity index (χ4n) is 5.51. The van der Waals surface area contributed by atoms with Gasteiger partial charge in [0.15, 0.2) is 17.5 Å². The fraction of sp³-hybridized carbons (Fsp3) is 0.300. The van der Waals surface area contributed by atoms with Gasteiger partial charge in [-0.15, -0.1) is 0 Å². The third-order valence-electron chi connectivity index (χ3n) is 7.92. The molecule has 12 nitrogen and oxygen atoms in total. The predicted molar refractivity (Wildman–Crippen MR) is 160 cm³/mol. The standard InChI is InChI=1S/C30H33N9O3/c1-19-25(31)35-26(32)24(34-19)27(40)36-29-33-18-30(37-29)11-14-39(15-12-30)28(41)22-8-5-9-23-21(22)10-13-38(23)16-17-42-20-6-3-2-4-7-20/h2-10,13H,11-12,14-18H2,1H3,(H4,31,32,35)(H2,33,36,37,40). The van der Waals surface area contributed by atoms with Crippen molar-refractivity contribution < 1.29 is 14.3 Å². The number of nitrogen functional groups attached to an aromatic ring is 2. The first-order chi connectivity index (χ1) is 20.3. The molecular formula is C30H33N9O3. The van der Waals surface area contributed by atoms with E-state index in [4.69, 9.17) is 16.2 Å². The van der Waals surface area contributed by atoms with Crippen LogP contribution in [0.15, 0.2) is 65.8 Å². The normalized spacial score (nSPS) is 16.9. The Hall–Kier alpha value is -5.13. The van der Waals surface area contributed by atoms with E-state index in [-0.39, 0.29) is 28.8 Å². The number of rotatable bonds is 6. The van der Waals surface area contributed by atoms with Crippen LogP contribution >= 0.6 is 0 Å². The van der Waals surface area contributed by atoms with E-state index in [0.29, 0.717) is 62.8 Å². The maximum absolute atomic E-state index is 13.6. The fourth-order valence-corrected chi connectivity index (χ4v) is 5.51. The van der Waals surface area contributed by atoms with Crippen molar-refractivity contribution in [3.63, 3.8) is 0 Å². The summed E-state index contributed by atoms with van der Waals surface area (Å²) in [4.78, 5) is 40.5. The van der Waals surface area contributed by atoms with Crippen LogP contribution in [0.5, 0.6) is 5.75 Å². The molecule has 6 rings (SSSR count). The van der Waals surface area contributed by atoms with E-state index < -0.39 is 5.91 Å². The first-order valence-electron chi connectivity index (χ1n) is 13.9. The van der Waals surface area contributed by atoms with Crippen molar-refractivity contribution in [2.24, 2.45) is 4.99 Å². The summed E-state index contributed by atoms with van der Waals surface area (Å²) in [5.41, 5.74) is 13.3. The molecule has 0 bridgehead atoms. The molecule has 2 fully saturated rings. The number of aryl methyl sites for hydroxylation is 1. The minimum Gasteiger partial charge on any atom is -0.492 e. The molecule has 2 aromatic heterocycles. The molecule has 6 N–H and O–H groups in total. The van der Waals surface area contributed by atoms with Crippen molar-refractivity contribution in [1.82, 2.24) is 30.1 Å². The molecule has 2 aliphatic rings. The van der Waals surface area contributed by atoms with Gasteiger partial charge in [0, 0.05) is 42.3 Å². The van der Waals surface area contributed by atoms with Crippen molar-refractivity contribution in [1.29, 1.82) is 0 Å². The van der Waals surface area contributed by atoms with Crippen LogP contribution in [0.25, 0.3) is 10.9 Å². The smallest absolute Gasteiger partial charge is 0.302 e. The molecule has 0 saturated carbocycles. The van der Waals surface area contributed by atoms with Crippen LogP contribution < -0.4 is 26.8 Å². The second kappa shape index (κ2) is 11.0. The van der Waals surface area contributed by atoms with Gasteiger partial charge in [0.1, 0.15) is 18.2 Å². The van der Waals surface area contributed by atoms with Gasteiger partial charge in [0.25, 0.3) is 5.91 Å². The molecule has 216 valence electrons. The lowest BCUT2D eigenvalue weighted by Gasteiger charge is -2.38. The summed E-state index contributed by atoms with van der Waals surface area (Å²) in [7, 11) is 0. The molecule has 42 heavy (non-hydrogen) atoms. The molecule has 4 aromatic rings. The van der Waals surface area contributed by atoms with Gasteiger partial charge in [-0.2, -0.15) is 4.99 Å². The zero-order valence-electron chi connectivity index (χ0n) is 23.3. The van der Waals surface area contributed by atoms with E-state index in [0.717, 1.165) is 16.7 Å². The highest BCUT2D eigenvalue weighted by atomic mass is 16.5. The lowest BCUT2D eigenvalue weighted by atomic mass is 9.88. The SMILES string of the molecule is Cc1nc(C(=O)/N=C2\NCC3(CCN(C(=O)c4cccc5c4ccn5CCOc4ccccc4)CC3)N2)c(N)nc1N. The first-order valence-corrected chi connectivity index (χ1v) is 13.9. The average Bonchev–Trinajstić information content (AvgIpc) is 3.59. The molecule has 2 amide bonds. The number of carbonyl (C=O) groups excluding carboxylic acids is 2. The number of hydrogen-bond donors (Lipinski definition) is 4. The van der Waals surface area contributed by atoms with Crippen LogP contribution in [0, 0.1) is 6.92 Å². The van der Waals surface area contributed by atoms with Crippen molar-refractivity contribution in [3.05, 3.63) is 77.7 Å². The van der Waals surface area contributed by atoms with Crippen molar-refractivity contribution in [3.8, 4) is 5.75 Å². The highest BCUT2D eigenvalue weighted by molar-refractivity contribution is 6.07.